The van der Waals surface area contributed by atoms with Crippen LogP contribution in [-0.4, -0.2) is 85.3 Å². The number of aliphatic hydroxyl groups excluding tert-OH is 1. The number of ether oxygens (including phenoxy) is 4. The molecule has 0 aliphatic carbocycles. The Morgan fingerprint density at radius 3 is 1.86 bits per heavy atom. The first-order valence-corrected chi connectivity index (χ1v) is 13.8. The molecule has 1 rings (SSSR count). The molecule has 1 heterocycles. The maximum atomic E-state index is 12.4. The van der Waals surface area contributed by atoms with Crippen molar-refractivity contribution < 1.29 is 38.4 Å². The number of unbranched alkanes of at least 4 members (excludes halogenated alkanes) is 5. The fourth-order valence-corrected chi connectivity index (χ4v) is 3.38. The minimum Gasteiger partial charge on any atom is -0.444 e. The Morgan fingerprint density at radius 1 is 0.786 bits per heavy atom. The lowest BCUT2D eigenvalue weighted by molar-refractivity contribution is -0.144. The first kappa shape index (κ1) is 36.0. The van der Waals surface area contributed by atoms with E-state index in [9.17, 15) is 19.5 Å². The van der Waals surface area contributed by atoms with E-state index < -0.39 is 24.6 Å². The lowest BCUT2D eigenvalue weighted by atomic mass is 10.1. The molecule has 1 aromatic heterocycles. The van der Waals surface area contributed by atoms with Crippen LogP contribution in [0.2, 0.25) is 0 Å². The number of allylic oxidation sites excluding steroid dienone is 2. The number of carbonyl (C=O) groups is 3. The van der Waals surface area contributed by atoms with Crippen molar-refractivity contribution in [2.24, 2.45) is 0 Å². The fourth-order valence-electron chi connectivity index (χ4n) is 3.38. The van der Waals surface area contributed by atoms with Gasteiger partial charge in [-0.25, -0.2) is 9.59 Å². The van der Waals surface area contributed by atoms with E-state index in [0.29, 0.717) is 13.0 Å². The third-order valence-corrected chi connectivity index (χ3v) is 5.71. The second-order valence-electron chi connectivity index (χ2n) is 8.84. The van der Waals surface area contributed by atoms with Crippen molar-refractivity contribution in [1.82, 2.24) is 15.0 Å². The number of nitrogens with zero attached hydrogens (tertiary/aromatic N) is 6. The van der Waals surface area contributed by atoms with Crippen LogP contribution >= 0.6 is 0 Å². The maximum Gasteiger partial charge on any atom is 0.331 e. The van der Waals surface area contributed by atoms with Gasteiger partial charge in [-0.2, -0.15) is 15.0 Å². The van der Waals surface area contributed by atoms with Gasteiger partial charge in [-0.3, -0.25) is 14.6 Å². The molecule has 0 aliphatic rings. The molecule has 0 saturated carbocycles. The third-order valence-electron chi connectivity index (χ3n) is 5.71. The van der Waals surface area contributed by atoms with Gasteiger partial charge in [0.25, 0.3) is 0 Å². The highest BCUT2D eigenvalue weighted by Gasteiger charge is 2.22. The van der Waals surface area contributed by atoms with E-state index in [-0.39, 0.29) is 51.2 Å². The van der Waals surface area contributed by atoms with Gasteiger partial charge in [0, 0.05) is 32.2 Å². The normalized spacial score (nSPS) is 10.7. The molecule has 0 aromatic carbocycles. The molecular formula is C28H44N6O8. The predicted molar refractivity (Wildman–Crippen MR) is 157 cm³/mol. The van der Waals surface area contributed by atoms with Crippen LogP contribution in [-0.2, 0) is 33.3 Å². The van der Waals surface area contributed by atoms with Gasteiger partial charge in [0.1, 0.15) is 13.5 Å². The molecule has 0 radical (unpaired) electrons. The first-order chi connectivity index (χ1) is 20.3. The summed E-state index contributed by atoms with van der Waals surface area (Å²) < 4.78 is 20.8. The number of anilines is 3. The molecule has 0 atom stereocenters. The van der Waals surface area contributed by atoms with Crippen molar-refractivity contribution in [2.75, 3.05) is 62.0 Å². The zero-order valence-electron chi connectivity index (χ0n) is 24.9. The summed E-state index contributed by atoms with van der Waals surface area (Å²) in [5.74, 6) is -1.68. The Morgan fingerprint density at radius 2 is 1.31 bits per heavy atom. The Hall–Kier alpha value is -4.04. The number of hydrogen-bond donors (Lipinski definition) is 1. The molecule has 0 saturated heterocycles. The van der Waals surface area contributed by atoms with Crippen molar-refractivity contribution in [3.8, 4) is 0 Å². The topological polar surface area (TPSA) is 157 Å². The summed E-state index contributed by atoms with van der Waals surface area (Å²) in [5.41, 5.74) is 0. The van der Waals surface area contributed by atoms with Crippen LogP contribution in [0.25, 0.3) is 0 Å². The molecule has 0 unspecified atom stereocenters. The summed E-state index contributed by atoms with van der Waals surface area (Å²) in [5, 5.41) is 10.1. The number of methoxy groups -OCH3 is 1. The lowest BCUT2D eigenvalue weighted by Crippen LogP contribution is -2.36. The van der Waals surface area contributed by atoms with Crippen LogP contribution in [0.5, 0.6) is 0 Å². The van der Waals surface area contributed by atoms with E-state index in [1.54, 1.807) is 6.92 Å². The van der Waals surface area contributed by atoms with E-state index in [4.69, 9.17) is 18.9 Å². The van der Waals surface area contributed by atoms with Crippen molar-refractivity contribution in [3.05, 3.63) is 37.5 Å². The molecule has 0 fully saturated rings. The van der Waals surface area contributed by atoms with Crippen LogP contribution in [0.1, 0.15) is 58.8 Å². The molecule has 0 aliphatic heterocycles. The summed E-state index contributed by atoms with van der Waals surface area (Å²) in [7, 11) is 1.43. The van der Waals surface area contributed by atoms with Crippen LogP contribution in [0.3, 0.4) is 0 Å². The number of hydrogen-bond acceptors (Lipinski definition) is 14. The van der Waals surface area contributed by atoms with Crippen LogP contribution < -0.4 is 14.7 Å². The maximum absolute atomic E-state index is 12.4. The second-order valence-corrected chi connectivity index (χ2v) is 8.84. The van der Waals surface area contributed by atoms with Gasteiger partial charge < -0.3 is 29.0 Å². The van der Waals surface area contributed by atoms with Crippen molar-refractivity contribution in [3.63, 3.8) is 0 Å². The zero-order valence-corrected chi connectivity index (χ0v) is 24.9. The SMILES string of the molecule is C=CC(=O)OCN(CC)c1nc(N(COC)COC(=O)C=C)nc(N(CO)COC(=O)CCCCCCC/C=C/C)n1. The van der Waals surface area contributed by atoms with Crippen molar-refractivity contribution in [2.45, 2.75) is 58.8 Å². The zero-order chi connectivity index (χ0) is 31.2. The van der Waals surface area contributed by atoms with E-state index in [0.717, 1.165) is 44.3 Å². The lowest BCUT2D eigenvalue weighted by Gasteiger charge is -2.27. The average Bonchev–Trinajstić information content (AvgIpc) is 3.00. The number of rotatable bonds is 23. The molecule has 1 aromatic rings. The Balaban J connectivity index is 3.07. The highest BCUT2D eigenvalue weighted by Crippen LogP contribution is 2.20. The highest BCUT2D eigenvalue weighted by molar-refractivity contribution is 5.81. The smallest absolute Gasteiger partial charge is 0.331 e. The first-order valence-electron chi connectivity index (χ1n) is 13.8. The van der Waals surface area contributed by atoms with Crippen LogP contribution in [0, 0.1) is 0 Å². The van der Waals surface area contributed by atoms with E-state index in [1.807, 2.05) is 13.0 Å². The fraction of sp³-hybridized carbons (Fsp3) is 0.571. The summed E-state index contributed by atoms with van der Waals surface area (Å²) in [6, 6.07) is 0. The van der Waals surface area contributed by atoms with Gasteiger partial charge in [-0.15, -0.1) is 0 Å². The van der Waals surface area contributed by atoms with Gasteiger partial charge in [-0.05, 0) is 33.1 Å². The van der Waals surface area contributed by atoms with E-state index in [1.165, 1.54) is 21.8 Å². The van der Waals surface area contributed by atoms with Gasteiger partial charge in [0.15, 0.2) is 20.2 Å². The molecule has 0 amide bonds. The van der Waals surface area contributed by atoms with Crippen molar-refractivity contribution in [1.29, 1.82) is 0 Å². The standard InChI is InChI=1S/C28H44N6O8/c1-6-10-11-12-13-14-15-16-17-25(38)42-21-33(18-35)27-29-26(32(9-4)20-40-23(36)7-2)30-28(31-27)34(19-39-5)22-41-24(37)8-3/h6-8,10,35H,2-3,9,11-22H2,1,4-5H3/b10-6+. The van der Waals surface area contributed by atoms with E-state index >= 15 is 0 Å². The minimum atomic E-state index is -0.672. The van der Waals surface area contributed by atoms with Gasteiger partial charge in [0.2, 0.25) is 17.8 Å². The van der Waals surface area contributed by atoms with Crippen molar-refractivity contribution >= 4 is 35.8 Å². The molecule has 14 heteroatoms. The minimum absolute atomic E-state index is 0.0152. The number of esters is 3. The Bertz CT molecular complexity index is 1020. The van der Waals surface area contributed by atoms with Crippen LogP contribution in [0.15, 0.2) is 37.5 Å². The Kier molecular flexibility index (Phi) is 18.6. The molecule has 0 spiro atoms. The quantitative estimate of drug-likeness (QED) is 0.0494. The Labute approximate surface area is 247 Å². The molecule has 0 bridgehead atoms. The van der Waals surface area contributed by atoms with Gasteiger partial charge in [-0.1, -0.05) is 44.6 Å². The van der Waals surface area contributed by atoms with E-state index in [2.05, 4.69) is 34.2 Å². The largest absolute Gasteiger partial charge is 0.444 e. The molecule has 1 N–H and O–H groups in total. The molecule has 42 heavy (non-hydrogen) atoms. The average molecular weight is 593 g/mol. The van der Waals surface area contributed by atoms with Gasteiger partial charge in [0.05, 0.1) is 0 Å². The molecular weight excluding hydrogens is 548 g/mol. The number of aliphatic hydroxyl groups is 1. The number of aromatic nitrogens is 3. The summed E-state index contributed by atoms with van der Waals surface area (Å²) in [6.07, 6.45) is 12.4. The molecule has 234 valence electrons. The van der Waals surface area contributed by atoms with Crippen LogP contribution in [0.4, 0.5) is 17.8 Å². The summed E-state index contributed by atoms with van der Waals surface area (Å²) in [4.78, 5) is 53.0. The third kappa shape index (κ3) is 14.0. The number of carbonyl (C=O) groups excluding carboxylic acids is 3. The second kappa shape index (κ2) is 21.7. The highest BCUT2D eigenvalue weighted by atomic mass is 16.6. The monoisotopic (exact) mass is 592 g/mol. The molecule has 14 nitrogen and oxygen atoms in total. The summed E-state index contributed by atoms with van der Waals surface area (Å²) in [6.45, 7) is 9.39. The predicted octanol–water partition coefficient (Wildman–Crippen LogP) is 3.05. The summed E-state index contributed by atoms with van der Waals surface area (Å²) >= 11 is 0. The van der Waals surface area contributed by atoms with Gasteiger partial charge >= 0.3 is 17.9 Å².